The molecule has 1 fully saturated rings. The molecule has 0 unspecified atom stereocenters. The number of halogens is 2. The van der Waals surface area contributed by atoms with Crippen LogP contribution in [0, 0.1) is 5.82 Å². The fourth-order valence-corrected chi connectivity index (χ4v) is 9.06. The molecule has 3 N–H and O–H groups in total. The third kappa shape index (κ3) is 10.1. The van der Waals surface area contributed by atoms with Crippen LogP contribution in [0.2, 0.25) is 5.02 Å². The number of ether oxygens (including phenoxy) is 3. The number of sulfonamides is 1. The molecule has 268 valence electrons. The van der Waals surface area contributed by atoms with Gasteiger partial charge in [-0.2, -0.15) is 4.31 Å². The molecule has 1 atom stereocenters. The van der Waals surface area contributed by atoms with Crippen LogP contribution in [-0.4, -0.2) is 60.6 Å². The molecule has 4 rings (SSSR count). The smallest absolute Gasteiger partial charge is 0.352 e. The van der Waals surface area contributed by atoms with Crippen molar-refractivity contribution < 1.29 is 36.6 Å². The first-order valence-corrected chi connectivity index (χ1v) is 18.7. The van der Waals surface area contributed by atoms with E-state index in [4.69, 9.17) is 31.5 Å². The molecule has 0 saturated carbocycles. The van der Waals surface area contributed by atoms with Crippen molar-refractivity contribution in [2.45, 2.75) is 96.8 Å². The zero-order valence-electron chi connectivity index (χ0n) is 29.1. The molecular formula is C35H45ClFN3O7S2. The number of carbonyl (C=O) groups is 2. The number of hydrogen-bond acceptors (Lipinski definition) is 10. The molecule has 0 bridgehead atoms. The number of hydrogen-bond donors (Lipinski definition) is 2. The largest absolute Gasteiger partial charge is 0.479 e. The molecule has 1 aromatic heterocycles. The highest BCUT2D eigenvalue weighted by Crippen LogP contribution is 2.47. The third-order valence-electron chi connectivity index (χ3n) is 7.49. The van der Waals surface area contributed by atoms with E-state index in [-0.39, 0.29) is 39.7 Å². The van der Waals surface area contributed by atoms with Gasteiger partial charge in [0.1, 0.15) is 22.0 Å². The maximum absolute atomic E-state index is 13.6. The Bertz CT molecular complexity index is 1810. The molecule has 10 nitrogen and oxygen atoms in total. The molecule has 1 aliphatic heterocycles. The molecule has 2 heterocycles. The molecule has 0 aliphatic carbocycles. The Kier molecular flexibility index (Phi) is 11.3. The second kappa shape index (κ2) is 14.5. The topological polar surface area (TPSA) is 137 Å². The van der Waals surface area contributed by atoms with Gasteiger partial charge in [-0.25, -0.2) is 22.4 Å². The molecular weight excluding hydrogens is 693 g/mol. The molecule has 1 aliphatic rings. The lowest BCUT2D eigenvalue weighted by atomic mass is 9.89. The number of piperidine rings is 1. The third-order valence-corrected chi connectivity index (χ3v) is 11.2. The summed E-state index contributed by atoms with van der Waals surface area (Å²) in [5.74, 6) is -2.07. The first kappa shape index (κ1) is 38.4. The van der Waals surface area contributed by atoms with Crippen molar-refractivity contribution in [1.82, 2.24) is 4.31 Å². The number of carbonyl (C=O) groups excluding carboxylic acids is 2. The van der Waals surface area contributed by atoms with Crippen molar-refractivity contribution in [3.05, 3.63) is 63.7 Å². The molecule has 1 saturated heterocycles. The molecule has 0 amide bonds. The Morgan fingerprint density at radius 1 is 1.08 bits per heavy atom. The summed E-state index contributed by atoms with van der Waals surface area (Å²) < 4.78 is 58.8. The number of thiophene rings is 1. The Labute approximate surface area is 297 Å². The van der Waals surface area contributed by atoms with Crippen molar-refractivity contribution in [2.75, 3.05) is 24.2 Å². The fourth-order valence-electron chi connectivity index (χ4n) is 5.65. The van der Waals surface area contributed by atoms with Gasteiger partial charge in [0.25, 0.3) is 0 Å². The van der Waals surface area contributed by atoms with Crippen LogP contribution in [0.1, 0.15) is 83.5 Å². The van der Waals surface area contributed by atoms with Gasteiger partial charge in [-0.15, -0.1) is 11.3 Å². The number of benzene rings is 2. The maximum atomic E-state index is 13.6. The van der Waals surface area contributed by atoms with Crippen molar-refractivity contribution >= 4 is 56.3 Å². The predicted molar refractivity (Wildman–Crippen MR) is 192 cm³/mol. The maximum Gasteiger partial charge on any atom is 0.352 e. The van der Waals surface area contributed by atoms with Gasteiger partial charge >= 0.3 is 11.9 Å². The summed E-state index contributed by atoms with van der Waals surface area (Å²) >= 11 is 7.93. The summed E-state index contributed by atoms with van der Waals surface area (Å²) in [5.41, 5.74) is 5.26. The average molecular weight is 738 g/mol. The summed E-state index contributed by atoms with van der Waals surface area (Å²) in [5, 5.41) is 3.70. The van der Waals surface area contributed by atoms with Crippen LogP contribution in [0.15, 0.2) is 42.5 Å². The highest BCUT2D eigenvalue weighted by atomic mass is 35.5. The van der Waals surface area contributed by atoms with E-state index in [2.05, 4.69) is 5.32 Å². The molecule has 0 spiro atoms. The van der Waals surface area contributed by atoms with Crippen LogP contribution in [0.4, 0.5) is 15.8 Å². The van der Waals surface area contributed by atoms with Gasteiger partial charge in [0.15, 0.2) is 17.2 Å². The van der Waals surface area contributed by atoms with E-state index in [1.54, 1.807) is 41.5 Å². The first-order valence-electron chi connectivity index (χ1n) is 15.9. The lowest BCUT2D eigenvalue weighted by molar-refractivity contribution is -0.157. The van der Waals surface area contributed by atoms with E-state index < -0.39 is 51.1 Å². The van der Waals surface area contributed by atoms with E-state index in [9.17, 15) is 22.4 Å². The normalized spacial score (nSPS) is 17.0. The quantitative estimate of drug-likeness (QED) is 0.159. The molecule has 0 radical (unpaired) electrons. The SMILES string of the molecule is CC(C)(C)OC(=O)COc1c(C(=O)OC(C)(C)C)sc(-c2cccc(N[C@H]3CCN(S(=O)(=O)Cc4ccc(F)c(N)c4)C(C)(C)C3)c2)c1Cl. The van der Waals surface area contributed by atoms with Gasteiger partial charge in [-0.05, 0) is 104 Å². The average Bonchev–Trinajstić information content (AvgIpc) is 3.27. The van der Waals surface area contributed by atoms with E-state index in [0.29, 0.717) is 28.8 Å². The number of nitrogens with one attached hydrogen (secondary N) is 1. The number of nitrogens with two attached hydrogens (primary N) is 1. The lowest BCUT2D eigenvalue weighted by Gasteiger charge is -2.45. The summed E-state index contributed by atoms with van der Waals surface area (Å²) in [6.45, 7) is 14.1. The zero-order valence-corrected chi connectivity index (χ0v) is 31.5. The van der Waals surface area contributed by atoms with E-state index in [0.717, 1.165) is 17.0 Å². The molecule has 2 aromatic carbocycles. The minimum absolute atomic E-state index is 0.0405. The zero-order chi connectivity index (χ0) is 36.5. The van der Waals surface area contributed by atoms with Crippen molar-refractivity contribution in [1.29, 1.82) is 0 Å². The van der Waals surface area contributed by atoms with Crippen LogP contribution in [0.25, 0.3) is 10.4 Å². The van der Waals surface area contributed by atoms with Gasteiger partial charge < -0.3 is 25.3 Å². The Morgan fingerprint density at radius 3 is 2.37 bits per heavy atom. The summed E-state index contributed by atoms with van der Waals surface area (Å²) in [6, 6.07) is 11.4. The minimum atomic E-state index is -3.72. The Hall–Kier alpha value is -3.39. The highest BCUT2D eigenvalue weighted by molar-refractivity contribution is 7.88. The number of anilines is 2. The summed E-state index contributed by atoms with van der Waals surface area (Å²) in [6.07, 6.45) is 1.07. The minimum Gasteiger partial charge on any atom is -0.479 e. The van der Waals surface area contributed by atoms with E-state index in [1.807, 2.05) is 38.1 Å². The van der Waals surface area contributed by atoms with Gasteiger partial charge in [0.05, 0.1) is 16.3 Å². The Morgan fingerprint density at radius 2 is 1.76 bits per heavy atom. The van der Waals surface area contributed by atoms with Crippen LogP contribution in [0.3, 0.4) is 0 Å². The Balaban J connectivity index is 1.53. The molecule has 49 heavy (non-hydrogen) atoms. The fraction of sp³-hybridized carbons (Fsp3) is 0.486. The van der Waals surface area contributed by atoms with Gasteiger partial charge in [-0.3, -0.25) is 0 Å². The van der Waals surface area contributed by atoms with Gasteiger partial charge in [0.2, 0.25) is 10.0 Å². The number of nitrogen functional groups attached to an aromatic ring is 1. The summed E-state index contributed by atoms with van der Waals surface area (Å²) in [7, 11) is -3.72. The summed E-state index contributed by atoms with van der Waals surface area (Å²) in [4.78, 5) is 26.3. The van der Waals surface area contributed by atoms with Gasteiger partial charge in [-0.1, -0.05) is 29.8 Å². The van der Waals surface area contributed by atoms with Crippen LogP contribution in [0.5, 0.6) is 5.75 Å². The van der Waals surface area contributed by atoms with Crippen molar-refractivity contribution in [3.63, 3.8) is 0 Å². The van der Waals surface area contributed by atoms with Gasteiger partial charge in [0, 0.05) is 23.8 Å². The predicted octanol–water partition coefficient (Wildman–Crippen LogP) is 7.65. The van der Waals surface area contributed by atoms with Crippen molar-refractivity contribution in [3.8, 4) is 16.2 Å². The van der Waals surface area contributed by atoms with Crippen LogP contribution >= 0.6 is 22.9 Å². The van der Waals surface area contributed by atoms with E-state index in [1.165, 1.54) is 22.5 Å². The highest BCUT2D eigenvalue weighted by Gasteiger charge is 2.41. The number of nitrogens with zero attached hydrogens (tertiary/aromatic N) is 1. The molecule has 14 heteroatoms. The second-order valence-corrected chi connectivity index (χ2v) is 18.0. The second-order valence-electron chi connectivity index (χ2n) is 14.7. The standard InChI is InChI=1S/C35H45ClFN3O7S2/c1-33(2,3)46-27(41)19-45-29-28(36)30(48-31(29)32(42)47-34(4,5)6)22-10-9-11-23(17-22)39-24-14-15-40(35(7,8)18-24)49(43,44)20-21-12-13-25(37)26(38)16-21/h9-13,16-17,24,39H,14-15,18-20,38H2,1-8H3/t24-/m0/s1. The van der Waals surface area contributed by atoms with E-state index >= 15 is 0 Å². The first-order chi connectivity index (χ1) is 22.5. The molecule has 3 aromatic rings. The van der Waals surface area contributed by atoms with Crippen molar-refractivity contribution in [2.24, 2.45) is 0 Å². The monoisotopic (exact) mass is 737 g/mol. The lowest BCUT2D eigenvalue weighted by Crippen LogP contribution is -2.55. The van der Waals surface area contributed by atoms with Crippen LogP contribution in [-0.2, 0) is 30.0 Å². The number of rotatable bonds is 10. The number of esters is 2. The van der Waals surface area contributed by atoms with Crippen LogP contribution < -0.4 is 15.8 Å².